The second-order valence-electron chi connectivity index (χ2n) is 5.86. The molecule has 0 spiro atoms. The van der Waals surface area contributed by atoms with Crippen LogP contribution in [0.5, 0.6) is 0 Å². The fourth-order valence-electron chi connectivity index (χ4n) is 2.88. The van der Waals surface area contributed by atoms with Crippen LogP contribution in [0.15, 0.2) is 23.7 Å². The predicted molar refractivity (Wildman–Crippen MR) is 90.6 cm³/mol. The van der Waals surface area contributed by atoms with Gasteiger partial charge in [0.15, 0.2) is 0 Å². The number of aryl methyl sites for hydroxylation is 1. The lowest BCUT2D eigenvalue weighted by Crippen LogP contribution is -2.39. The number of aromatic nitrogens is 2. The van der Waals surface area contributed by atoms with Crippen LogP contribution in [0.3, 0.4) is 0 Å². The van der Waals surface area contributed by atoms with Crippen molar-refractivity contribution in [3.8, 4) is 0 Å². The number of pyridine rings is 1. The van der Waals surface area contributed by atoms with Crippen LogP contribution in [0, 0.1) is 0 Å². The lowest BCUT2D eigenvalue weighted by Gasteiger charge is -2.31. The summed E-state index contributed by atoms with van der Waals surface area (Å²) in [5, 5.41) is 12.2. The Morgan fingerprint density at radius 3 is 3.00 bits per heavy atom. The molecule has 2 aromatic rings. The van der Waals surface area contributed by atoms with Crippen molar-refractivity contribution >= 4 is 23.2 Å². The van der Waals surface area contributed by atoms with Crippen molar-refractivity contribution in [1.82, 2.24) is 14.9 Å². The van der Waals surface area contributed by atoms with Crippen LogP contribution in [0.4, 0.5) is 0 Å². The lowest BCUT2D eigenvalue weighted by molar-refractivity contribution is 0.0696. The largest absolute Gasteiger partial charge is 0.478 e. The van der Waals surface area contributed by atoms with E-state index in [1.165, 1.54) is 18.3 Å². The van der Waals surface area contributed by atoms with E-state index >= 15 is 0 Å². The van der Waals surface area contributed by atoms with Gasteiger partial charge in [0.05, 0.1) is 16.3 Å². The zero-order valence-electron chi connectivity index (χ0n) is 13.4. The van der Waals surface area contributed by atoms with Crippen LogP contribution in [0.1, 0.15) is 57.2 Å². The molecule has 1 aliphatic rings. The number of likely N-dealkylation sites (tertiary alicyclic amines) is 1. The Kier molecular flexibility index (Phi) is 4.89. The molecule has 0 aromatic carbocycles. The van der Waals surface area contributed by atoms with Crippen molar-refractivity contribution in [2.45, 2.75) is 32.1 Å². The van der Waals surface area contributed by atoms with Gasteiger partial charge >= 0.3 is 5.97 Å². The van der Waals surface area contributed by atoms with Gasteiger partial charge in [0, 0.05) is 30.6 Å². The van der Waals surface area contributed by atoms with Crippen LogP contribution in [0.2, 0.25) is 0 Å². The summed E-state index contributed by atoms with van der Waals surface area (Å²) < 4.78 is 0. The molecule has 0 bridgehead atoms. The van der Waals surface area contributed by atoms with E-state index in [-0.39, 0.29) is 23.1 Å². The van der Waals surface area contributed by atoms with E-state index in [1.807, 2.05) is 0 Å². The van der Waals surface area contributed by atoms with E-state index in [4.69, 9.17) is 5.11 Å². The third kappa shape index (κ3) is 3.46. The predicted octanol–water partition coefficient (Wildman–Crippen LogP) is 2.82. The Labute approximate surface area is 144 Å². The number of carbonyl (C=O) groups excluding carboxylic acids is 1. The lowest BCUT2D eigenvalue weighted by atomic mass is 9.98. The van der Waals surface area contributed by atoms with Crippen molar-refractivity contribution in [2.75, 3.05) is 13.1 Å². The van der Waals surface area contributed by atoms with Crippen molar-refractivity contribution in [1.29, 1.82) is 0 Å². The Hall–Kier alpha value is -2.28. The number of hydrogen-bond donors (Lipinski definition) is 1. The van der Waals surface area contributed by atoms with Crippen molar-refractivity contribution in [3.63, 3.8) is 0 Å². The smallest absolute Gasteiger partial charge is 0.335 e. The third-order valence-corrected chi connectivity index (χ3v) is 5.27. The van der Waals surface area contributed by atoms with Gasteiger partial charge in [0.2, 0.25) is 0 Å². The zero-order chi connectivity index (χ0) is 17.1. The summed E-state index contributed by atoms with van der Waals surface area (Å²) in [7, 11) is 0. The quantitative estimate of drug-likeness (QED) is 0.921. The van der Waals surface area contributed by atoms with E-state index in [9.17, 15) is 9.59 Å². The van der Waals surface area contributed by atoms with Crippen LogP contribution in [-0.2, 0) is 6.42 Å². The minimum atomic E-state index is -1.06. The molecular weight excluding hydrogens is 326 g/mol. The summed E-state index contributed by atoms with van der Waals surface area (Å²) in [6, 6.07) is 2.73. The fraction of sp³-hybridized carbons (Fsp3) is 0.412. The molecule has 2 aromatic heterocycles. The van der Waals surface area contributed by atoms with E-state index in [0.717, 1.165) is 30.0 Å². The number of thiazole rings is 1. The van der Waals surface area contributed by atoms with Crippen LogP contribution >= 0.6 is 11.3 Å². The maximum atomic E-state index is 12.7. The normalized spacial score (nSPS) is 17.7. The first-order chi connectivity index (χ1) is 11.6. The molecule has 1 fully saturated rings. The fourth-order valence-corrected chi connectivity index (χ4v) is 3.91. The zero-order valence-corrected chi connectivity index (χ0v) is 14.3. The SMILES string of the molecule is CCc1csc(C2CCCN(C(=O)c3cc(C(=O)O)ccn3)C2)n1. The Morgan fingerprint density at radius 1 is 1.46 bits per heavy atom. The van der Waals surface area contributed by atoms with Gasteiger partial charge < -0.3 is 10.0 Å². The molecule has 3 rings (SSSR count). The Bertz CT molecular complexity index is 759. The molecule has 1 N–H and O–H groups in total. The van der Waals surface area contributed by atoms with Gasteiger partial charge in [-0.15, -0.1) is 11.3 Å². The topological polar surface area (TPSA) is 83.4 Å². The molecule has 1 amide bonds. The average molecular weight is 345 g/mol. The molecule has 1 unspecified atom stereocenters. The van der Waals surface area contributed by atoms with Gasteiger partial charge in [-0.25, -0.2) is 9.78 Å². The second kappa shape index (κ2) is 7.09. The van der Waals surface area contributed by atoms with Crippen LogP contribution in [-0.4, -0.2) is 44.9 Å². The number of nitrogens with zero attached hydrogens (tertiary/aromatic N) is 3. The van der Waals surface area contributed by atoms with Gasteiger partial charge in [0.25, 0.3) is 5.91 Å². The summed E-state index contributed by atoms with van der Waals surface area (Å²) in [4.78, 5) is 34.2. The summed E-state index contributed by atoms with van der Waals surface area (Å²) in [5.41, 5.74) is 1.35. The number of hydrogen-bond acceptors (Lipinski definition) is 5. The number of piperidine rings is 1. The van der Waals surface area contributed by atoms with E-state index < -0.39 is 5.97 Å². The van der Waals surface area contributed by atoms with Gasteiger partial charge in [-0.2, -0.15) is 0 Å². The summed E-state index contributed by atoms with van der Waals surface area (Å²) in [6.45, 7) is 3.35. The Balaban J connectivity index is 1.75. The van der Waals surface area contributed by atoms with Gasteiger partial charge in [-0.1, -0.05) is 6.92 Å². The van der Waals surface area contributed by atoms with E-state index in [0.29, 0.717) is 13.1 Å². The highest BCUT2D eigenvalue weighted by Crippen LogP contribution is 2.30. The first kappa shape index (κ1) is 16.6. The number of rotatable bonds is 4. The monoisotopic (exact) mass is 345 g/mol. The minimum Gasteiger partial charge on any atom is -0.478 e. The number of carbonyl (C=O) groups is 2. The maximum absolute atomic E-state index is 12.7. The highest BCUT2D eigenvalue weighted by molar-refractivity contribution is 7.09. The maximum Gasteiger partial charge on any atom is 0.335 e. The first-order valence-electron chi connectivity index (χ1n) is 8.01. The second-order valence-corrected chi connectivity index (χ2v) is 6.75. The average Bonchev–Trinajstić information content (AvgIpc) is 3.10. The van der Waals surface area contributed by atoms with E-state index in [1.54, 1.807) is 16.2 Å². The number of carboxylic acid groups (broad SMARTS) is 1. The number of carboxylic acids is 1. The molecule has 7 heteroatoms. The summed E-state index contributed by atoms with van der Waals surface area (Å²) in [6.07, 6.45) is 4.21. The number of aromatic carboxylic acids is 1. The molecule has 0 saturated carbocycles. The molecule has 24 heavy (non-hydrogen) atoms. The highest BCUT2D eigenvalue weighted by Gasteiger charge is 2.28. The first-order valence-corrected chi connectivity index (χ1v) is 8.89. The third-order valence-electron chi connectivity index (χ3n) is 4.22. The molecule has 6 nitrogen and oxygen atoms in total. The van der Waals surface area contributed by atoms with Gasteiger partial charge in [0.1, 0.15) is 5.69 Å². The van der Waals surface area contributed by atoms with E-state index in [2.05, 4.69) is 22.3 Å². The number of amides is 1. The van der Waals surface area contributed by atoms with Gasteiger partial charge in [-0.05, 0) is 31.4 Å². The van der Waals surface area contributed by atoms with Crippen LogP contribution in [0.25, 0.3) is 0 Å². The van der Waals surface area contributed by atoms with Crippen molar-refractivity contribution in [2.24, 2.45) is 0 Å². The molecule has 126 valence electrons. The molecule has 1 atom stereocenters. The molecule has 3 heterocycles. The van der Waals surface area contributed by atoms with Crippen molar-refractivity contribution in [3.05, 3.63) is 45.7 Å². The standard InChI is InChI=1S/C17H19N3O3S/c1-2-13-10-24-15(19-13)12-4-3-7-20(9-12)16(21)14-8-11(17(22)23)5-6-18-14/h5-6,8,10,12H,2-4,7,9H2,1H3,(H,22,23). The summed E-state index contributed by atoms with van der Waals surface area (Å²) in [5.74, 6) is -1.02. The Morgan fingerprint density at radius 2 is 2.29 bits per heavy atom. The van der Waals surface area contributed by atoms with Gasteiger partial charge in [-0.3, -0.25) is 9.78 Å². The highest BCUT2D eigenvalue weighted by atomic mass is 32.1. The van der Waals surface area contributed by atoms with Crippen LogP contribution < -0.4 is 0 Å². The molecule has 0 radical (unpaired) electrons. The summed E-state index contributed by atoms with van der Waals surface area (Å²) >= 11 is 1.65. The molecule has 1 aliphatic heterocycles. The molecule has 1 saturated heterocycles. The molecule has 0 aliphatic carbocycles. The minimum absolute atomic E-state index is 0.0782. The van der Waals surface area contributed by atoms with Crippen molar-refractivity contribution < 1.29 is 14.7 Å². The molecular formula is C17H19N3O3S.